The number of hydrogen-bond donors (Lipinski definition) is 0. The summed E-state index contributed by atoms with van der Waals surface area (Å²) in [7, 11) is 0. The van der Waals surface area contributed by atoms with Crippen LogP contribution < -0.4 is 0 Å². The molecule has 0 spiro atoms. The summed E-state index contributed by atoms with van der Waals surface area (Å²) in [5.41, 5.74) is 3.38. The summed E-state index contributed by atoms with van der Waals surface area (Å²) >= 11 is -1.21. The summed E-state index contributed by atoms with van der Waals surface area (Å²) in [6.45, 7) is 7.04. The van der Waals surface area contributed by atoms with E-state index in [1.807, 2.05) is 32.9 Å². The van der Waals surface area contributed by atoms with E-state index in [4.69, 9.17) is 4.74 Å². The van der Waals surface area contributed by atoms with Crippen LogP contribution in [0.5, 0.6) is 0 Å². The molecule has 0 unspecified atom stereocenters. The predicted molar refractivity (Wildman–Crippen MR) is 70.4 cm³/mol. The summed E-state index contributed by atoms with van der Waals surface area (Å²) in [4.78, 5) is 0. The average Bonchev–Trinajstić information content (AvgIpc) is 2.72. The Kier molecular flexibility index (Phi) is 3.56. The van der Waals surface area contributed by atoms with Crippen molar-refractivity contribution in [2.45, 2.75) is 38.7 Å². The zero-order valence-electron chi connectivity index (χ0n) is 10.4. The van der Waals surface area contributed by atoms with Crippen molar-refractivity contribution < 1.29 is 9.29 Å². The van der Waals surface area contributed by atoms with Crippen LogP contribution in [0, 0.1) is 0 Å². The molecule has 4 heteroatoms. The number of nitrogens with zero attached hydrogens (tertiary/aromatic N) is 1. The highest BCUT2D eigenvalue weighted by Gasteiger charge is 2.26. The third kappa shape index (κ3) is 2.89. The molecule has 1 aromatic rings. The van der Waals surface area contributed by atoms with E-state index in [-0.39, 0.29) is 4.75 Å². The number of ether oxygens (including phenoxy) is 1. The zero-order chi connectivity index (χ0) is 12.5. The molecule has 1 aliphatic rings. The average molecular weight is 251 g/mol. The predicted octanol–water partition coefficient (Wildman–Crippen LogP) is 2.60. The van der Waals surface area contributed by atoms with Crippen molar-refractivity contribution in [3.05, 3.63) is 34.9 Å². The molecule has 0 saturated heterocycles. The second-order valence-corrected chi connectivity index (χ2v) is 7.01. The van der Waals surface area contributed by atoms with Crippen molar-refractivity contribution in [2.24, 2.45) is 4.40 Å². The van der Waals surface area contributed by atoms with Crippen molar-refractivity contribution in [3.8, 4) is 0 Å². The first-order valence-electron chi connectivity index (χ1n) is 5.63. The summed E-state index contributed by atoms with van der Waals surface area (Å²) in [6, 6.07) is 6.02. The Hall–Kier alpha value is -0.840. The first-order valence-corrected chi connectivity index (χ1v) is 6.74. The Morgan fingerprint density at radius 1 is 1.35 bits per heavy atom. The quantitative estimate of drug-likeness (QED) is 0.599. The third-order valence-electron chi connectivity index (χ3n) is 2.62. The topological polar surface area (TPSA) is 44.7 Å². The van der Waals surface area contributed by atoms with Crippen molar-refractivity contribution in [3.63, 3.8) is 0 Å². The Morgan fingerprint density at radius 2 is 2.12 bits per heavy atom. The van der Waals surface area contributed by atoms with Crippen LogP contribution in [0.1, 0.15) is 37.5 Å². The molecular weight excluding hydrogens is 234 g/mol. The van der Waals surface area contributed by atoms with Gasteiger partial charge < -0.3 is 9.29 Å². The van der Waals surface area contributed by atoms with Crippen LogP contribution in [0.4, 0.5) is 0 Å². The third-order valence-corrected chi connectivity index (χ3v) is 3.97. The fourth-order valence-corrected chi connectivity index (χ4v) is 2.14. The summed E-state index contributed by atoms with van der Waals surface area (Å²) in [5.74, 6) is 0. The molecule has 0 aromatic heterocycles. The number of fused-ring (bicyclic) bond motifs is 1. The van der Waals surface area contributed by atoms with Gasteiger partial charge in [-0.3, -0.25) is 0 Å². The van der Waals surface area contributed by atoms with Crippen LogP contribution in [-0.2, 0) is 29.3 Å². The lowest BCUT2D eigenvalue weighted by atomic mass is 10.0. The molecule has 0 amide bonds. The van der Waals surface area contributed by atoms with E-state index < -0.39 is 11.4 Å². The molecule has 0 fully saturated rings. The van der Waals surface area contributed by atoms with Crippen molar-refractivity contribution in [1.29, 1.82) is 0 Å². The van der Waals surface area contributed by atoms with Gasteiger partial charge in [0.2, 0.25) is 0 Å². The van der Waals surface area contributed by atoms with E-state index >= 15 is 0 Å². The lowest BCUT2D eigenvalue weighted by Gasteiger charge is -2.17. The van der Waals surface area contributed by atoms with E-state index in [9.17, 15) is 4.55 Å². The minimum Gasteiger partial charge on any atom is -0.591 e. The van der Waals surface area contributed by atoms with Gasteiger partial charge in [-0.1, -0.05) is 22.6 Å². The minimum absolute atomic E-state index is 0.315. The molecule has 0 N–H and O–H groups in total. The normalized spacial score (nSPS) is 17.4. The van der Waals surface area contributed by atoms with Gasteiger partial charge in [-0.15, -0.1) is 0 Å². The SMILES string of the molecule is CC(C)(C)[S@@+]([O-])/N=C/c1cccc2c1COC2. The van der Waals surface area contributed by atoms with Gasteiger partial charge in [0, 0.05) is 5.56 Å². The first-order chi connectivity index (χ1) is 7.98. The van der Waals surface area contributed by atoms with Crippen LogP contribution in [0.3, 0.4) is 0 Å². The van der Waals surface area contributed by atoms with Gasteiger partial charge in [-0.25, -0.2) is 0 Å². The van der Waals surface area contributed by atoms with E-state index in [1.165, 1.54) is 11.1 Å². The van der Waals surface area contributed by atoms with Crippen LogP contribution in [0.2, 0.25) is 0 Å². The highest BCUT2D eigenvalue weighted by molar-refractivity contribution is 7.91. The molecule has 1 aliphatic heterocycles. The van der Waals surface area contributed by atoms with Gasteiger partial charge in [0.05, 0.1) is 19.4 Å². The first kappa shape index (κ1) is 12.6. The lowest BCUT2D eigenvalue weighted by Crippen LogP contribution is -2.25. The van der Waals surface area contributed by atoms with E-state index in [1.54, 1.807) is 6.21 Å². The van der Waals surface area contributed by atoms with Crippen molar-refractivity contribution in [1.82, 2.24) is 0 Å². The van der Waals surface area contributed by atoms with Gasteiger partial charge in [-0.05, 0) is 31.9 Å². The van der Waals surface area contributed by atoms with Crippen molar-refractivity contribution >= 4 is 17.6 Å². The fourth-order valence-electron chi connectivity index (χ4n) is 1.61. The summed E-state index contributed by atoms with van der Waals surface area (Å²) in [6.07, 6.45) is 1.70. The fraction of sp³-hybridized carbons (Fsp3) is 0.462. The number of benzene rings is 1. The zero-order valence-corrected chi connectivity index (χ0v) is 11.2. The molecule has 3 nitrogen and oxygen atoms in total. The maximum absolute atomic E-state index is 11.8. The summed E-state index contributed by atoms with van der Waals surface area (Å²) < 4.78 is 21.0. The largest absolute Gasteiger partial charge is 0.591 e. The molecule has 17 heavy (non-hydrogen) atoms. The molecular formula is C13H17NO2S. The molecule has 2 rings (SSSR count). The smallest absolute Gasteiger partial charge is 0.144 e. The molecule has 0 saturated carbocycles. The molecule has 0 aliphatic carbocycles. The van der Waals surface area contributed by atoms with Crippen LogP contribution in [-0.4, -0.2) is 15.5 Å². The van der Waals surface area contributed by atoms with Crippen LogP contribution in [0.25, 0.3) is 0 Å². The van der Waals surface area contributed by atoms with Gasteiger partial charge in [0.15, 0.2) is 0 Å². The van der Waals surface area contributed by atoms with Gasteiger partial charge in [0.1, 0.15) is 16.1 Å². The van der Waals surface area contributed by atoms with Crippen molar-refractivity contribution in [2.75, 3.05) is 0 Å². The molecule has 1 aromatic carbocycles. The molecule has 0 radical (unpaired) electrons. The lowest BCUT2D eigenvalue weighted by molar-refractivity contribution is 0.134. The standard InChI is InChI=1S/C13H17NO2S/c1-13(2,3)17(15)14-7-10-5-4-6-11-8-16-9-12(10)11/h4-7H,8-9H2,1-3H3/b14-7+/t17-/m1/s1. The van der Waals surface area contributed by atoms with Gasteiger partial charge >= 0.3 is 0 Å². The summed E-state index contributed by atoms with van der Waals surface area (Å²) in [5, 5.41) is 0. The second-order valence-electron chi connectivity index (χ2n) is 5.07. The maximum atomic E-state index is 11.8. The van der Waals surface area contributed by atoms with E-state index in [0.29, 0.717) is 13.2 Å². The number of rotatable bonds is 2. The molecule has 1 atom stereocenters. The molecule has 92 valence electrons. The number of hydrogen-bond acceptors (Lipinski definition) is 3. The second kappa shape index (κ2) is 4.80. The van der Waals surface area contributed by atoms with Gasteiger partial charge in [-0.2, -0.15) is 0 Å². The highest BCUT2D eigenvalue weighted by atomic mass is 32.2. The molecule has 0 bridgehead atoms. The Labute approximate surface area is 105 Å². The highest BCUT2D eigenvalue weighted by Crippen LogP contribution is 2.23. The van der Waals surface area contributed by atoms with Crippen LogP contribution in [0.15, 0.2) is 22.6 Å². The van der Waals surface area contributed by atoms with E-state index in [0.717, 1.165) is 5.56 Å². The van der Waals surface area contributed by atoms with E-state index in [2.05, 4.69) is 10.5 Å². The Balaban J connectivity index is 2.20. The van der Waals surface area contributed by atoms with Gasteiger partial charge in [0.25, 0.3) is 0 Å². The Bertz CT molecular complexity index is 438. The monoisotopic (exact) mass is 251 g/mol. The maximum Gasteiger partial charge on any atom is 0.144 e. The minimum atomic E-state index is -1.21. The Morgan fingerprint density at radius 3 is 2.82 bits per heavy atom. The van der Waals surface area contributed by atoms with Crippen LogP contribution >= 0.6 is 0 Å². The molecule has 1 heterocycles.